The number of hydrogen-bond acceptors (Lipinski definition) is 7. The van der Waals surface area contributed by atoms with Crippen molar-refractivity contribution in [3.63, 3.8) is 0 Å². The first kappa shape index (κ1) is 26.8. The molecule has 35 heavy (non-hydrogen) atoms. The van der Waals surface area contributed by atoms with E-state index in [-0.39, 0.29) is 35.3 Å². The van der Waals surface area contributed by atoms with Crippen molar-refractivity contribution in [2.45, 2.75) is 37.9 Å². The van der Waals surface area contributed by atoms with E-state index >= 15 is 0 Å². The molecule has 6 nitrogen and oxygen atoms in total. The van der Waals surface area contributed by atoms with E-state index in [4.69, 9.17) is 15.2 Å². The lowest BCUT2D eigenvalue weighted by Crippen LogP contribution is -2.36. The molecule has 1 unspecified atom stereocenters. The number of halogens is 5. The van der Waals surface area contributed by atoms with Crippen LogP contribution in [0.15, 0.2) is 36.4 Å². The number of ether oxygens (including phenoxy) is 2. The molecule has 0 saturated heterocycles. The maximum Gasteiger partial charge on any atom is 0.419 e. The highest BCUT2D eigenvalue weighted by atomic mass is 32.1. The molecule has 0 aliphatic carbocycles. The topological polar surface area (TPSA) is 90.5 Å². The minimum Gasteiger partial charge on any atom is -0.493 e. The lowest BCUT2D eigenvalue weighted by Gasteiger charge is -2.17. The van der Waals surface area contributed by atoms with Gasteiger partial charge in [-0.15, -0.1) is 10.2 Å². The van der Waals surface area contributed by atoms with E-state index < -0.39 is 35.5 Å². The fourth-order valence-corrected chi connectivity index (χ4v) is 3.87. The van der Waals surface area contributed by atoms with Crippen molar-refractivity contribution < 1.29 is 36.5 Å². The van der Waals surface area contributed by atoms with Gasteiger partial charge in [-0.3, -0.25) is 0 Å². The van der Waals surface area contributed by atoms with Gasteiger partial charge < -0.3 is 20.3 Å². The summed E-state index contributed by atoms with van der Waals surface area (Å²) in [6.07, 6.45) is -3.19. The summed E-state index contributed by atoms with van der Waals surface area (Å²) in [7, 11) is 0. The summed E-state index contributed by atoms with van der Waals surface area (Å²) in [6.45, 7) is 1.31. The molecule has 1 heterocycles. The number of rotatable bonds is 11. The van der Waals surface area contributed by atoms with Crippen LogP contribution in [-0.2, 0) is 11.7 Å². The van der Waals surface area contributed by atoms with Crippen molar-refractivity contribution in [2.24, 2.45) is 5.73 Å². The highest BCUT2D eigenvalue weighted by Crippen LogP contribution is 2.40. The normalized spacial score (nSPS) is 13.5. The predicted octanol–water partition coefficient (Wildman–Crippen LogP) is 5.30. The van der Waals surface area contributed by atoms with E-state index in [1.165, 1.54) is 12.1 Å². The Morgan fingerprint density at radius 3 is 2.29 bits per heavy atom. The third-order valence-electron chi connectivity index (χ3n) is 4.97. The Morgan fingerprint density at radius 2 is 1.63 bits per heavy atom. The molecule has 2 aromatic carbocycles. The number of unbranched alkanes of at least 4 members (excludes halogenated alkanes) is 2. The quantitative estimate of drug-likeness (QED) is 0.265. The Bertz CT molecular complexity index is 1140. The SMILES string of the molecule is CC(N)(CO)c1nnc(-c2ccc(OCCCCCOc3cc(F)ccc3F)c(C(F)(F)F)c2)s1. The fraction of sp³-hybridized carbons (Fsp3) is 0.391. The van der Waals surface area contributed by atoms with Crippen molar-refractivity contribution >= 4 is 11.3 Å². The molecule has 0 aliphatic heterocycles. The molecule has 0 bridgehead atoms. The molecule has 190 valence electrons. The summed E-state index contributed by atoms with van der Waals surface area (Å²) in [6, 6.07) is 6.51. The molecule has 0 spiro atoms. The molecule has 3 rings (SSSR count). The molecular formula is C23H24F5N3O3S. The molecule has 0 aliphatic rings. The first-order valence-corrected chi connectivity index (χ1v) is 11.5. The molecule has 12 heteroatoms. The molecule has 1 atom stereocenters. The van der Waals surface area contributed by atoms with Crippen LogP contribution in [0.5, 0.6) is 11.5 Å². The first-order chi connectivity index (χ1) is 16.5. The van der Waals surface area contributed by atoms with Gasteiger partial charge in [0, 0.05) is 11.6 Å². The van der Waals surface area contributed by atoms with Gasteiger partial charge >= 0.3 is 6.18 Å². The van der Waals surface area contributed by atoms with Crippen molar-refractivity contribution in [2.75, 3.05) is 19.8 Å². The Hall–Kier alpha value is -2.83. The van der Waals surface area contributed by atoms with E-state index in [0.29, 0.717) is 24.3 Å². The van der Waals surface area contributed by atoms with Gasteiger partial charge in [-0.2, -0.15) is 13.2 Å². The Balaban J connectivity index is 1.56. The number of benzene rings is 2. The van der Waals surface area contributed by atoms with Crippen LogP contribution in [0.25, 0.3) is 10.6 Å². The number of aliphatic hydroxyl groups is 1. The molecule has 3 aromatic rings. The monoisotopic (exact) mass is 517 g/mol. The largest absolute Gasteiger partial charge is 0.493 e. The Labute approximate surface area is 202 Å². The van der Waals surface area contributed by atoms with Gasteiger partial charge in [0.15, 0.2) is 11.6 Å². The highest BCUT2D eigenvalue weighted by Gasteiger charge is 2.35. The maximum atomic E-state index is 13.7. The van der Waals surface area contributed by atoms with Crippen LogP contribution in [0.4, 0.5) is 22.0 Å². The zero-order valence-electron chi connectivity index (χ0n) is 18.7. The minimum atomic E-state index is -4.66. The summed E-state index contributed by atoms with van der Waals surface area (Å²) in [5, 5.41) is 17.7. The summed E-state index contributed by atoms with van der Waals surface area (Å²) in [5.74, 6) is -1.79. The summed E-state index contributed by atoms with van der Waals surface area (Å²) in [5.41, 5.74) is 4.01. The van der Waals surface area contributed by atoms with Crippen molar-refractivity contribution in [1.29, 1.82) is 0 Å². The van der Waals surface area contributed by atoms with Crippen LogP contribution in [0.3, 0.4) is 0 Å². The number of nitrogens with zero attached hydrogens (tertiary/aromatic N) is 2. The third kappa shape index (κ3) is 7.09. The van der Waals surface area contributed by atoms with Crippen LogP contribution in [0, 0.1) is 11.6 Å². The predicted molar refractivity (Wildman–Crippen MR) is 120 cm³/mol. The van der Waals surface area contributed by atoms with Gasteiger partial charge in [-0.1, -0.05) is 11.3 Å². The number of alkyl halides is 3. The van der Waals surface area contributed by atoms with E-state index in [2.05, 4.69) is 10.2 Å². The smallest absolute Gasteiger partial charge is 0.419 e. The zero-order chi connectivity index (χ0) is 25.6. The molecular weight excluding hydrogens is 493 g/mol. The van der Waals surface area contributed by atoms with Gasteiger partial charge in [-0.25, -0.2) is 8.78 Å². The van der Waals surface area contributed by atoms with Crippen LogP contribution in [0.1, 0.15) is 36.8 Å². The van der Waals surface area contributed by atoms with E-state index in [1.54, 1.807) is 6.92 Å². The van der Waals surface area contributed by atoms with Crippen LogP contribution >= 0.6 is 11.3 Å². The molecule has 1 aromatic heterocycles. The van der Waals surface area contributed by atoms with Gasteiger partial charge in [-0.05, 0) is 56.5 Å². The molecule has 3 N–H and O–H groups in total. The molecule has 0 fully saturated rings. The number of aromatic nitrogens is 2. The minimum absolute atomic E-state index is 0.0295. The van der Waals surface area contributed by atoms with E-state index in [1.807, 2.05) is 0 Å². The fourth-order valence-electron chi connectivity index (χ4n) is 2.98. The van der Waals surface area contributed by atoms with Crippen molar-refractivity contribution in [3.8, 4) is 22.1 Å². The van der Waals surface area contributed by atoms with Gasteiger partial charge in [0.05, 0.1) is 30.9 Å². The van der Waals surface area contributed by atoms with Gasteiger partial charge in [0.25, 0.3) is 0 Å². The van der Waals surface area contributed by atoms with Crippen molar-refractivity contribution in [3.05, 3.63) is 58.6 Å². The second-order valence-electron chi connectivity index (χ2n) is 8.03. The Morgan fingerprint density at radius 1 is 0.943 bits per heavy atom. The second kappa shape index (κ2) is 11.3. The molecule has 0 amide bonds. The third-order valence-corrected chi connectivity index (χ3v) is 6.22. The second-order valence-corrected chi connectivity index (χ2v) is 9.01. The van der Waals surface area contributed by atoms with Crippen LogP contribution in [0.2, 0.25) is 0 Å². The molecule has 0 saturated carbocycles. The van der Waals surface area contributed by atoms with Crippen LogP contribution in [-0.4, -0.2) is 35.1 Å². The number of hydrogen-bond donors (Lipinski definition) is 2. The van der Waals surface area contributed by atoms with Crippen molar-refractivity contribution in [1.82, 2.24) is 10.2 Å². The summed E-state index contributed by atoms with van der Waals surface area (Å²) < 4.78 is 78.1. The zero-order valence-corrected chi connectivity index (χ0v) is 19.6. The standard InChI is InChI=1S/C23H24F5N3O3S/c1-22(29,13-32)21-31-30-20(35-21)14-5-8-18(16(11-14)23(26,27)28)33-9-3-2-4-10-34-19-12-15(24)6-7-17(19)25/h5-8,11-12,32H,2-4,9-10,13,29H2,1H3. The van der Waals surface area contributed by atoms with Crippen LogP contribution < -0.4 is 15.2 Å². The average Bonchev–Trinajstić information content (AvgIpc) is 3.31. The molecule has 0 radical (unpaired) electrons. The van der Waals surface area contributed by atoms with E-state index in [0.717, 1.165) is 35.6 Å². The highest BCUT2D eigenvalue weighted by molar-refractivity contribution is 7.14. The maximum absolute atomic E-state index is 13.7. The Kier molecular flexibility index (Phi) is 8.62. The lowest BCUT2D eigenvalue weighted by molar-refractivity contribution is -0.138. The number of nitrogens with two attached hydrogens (primary N) is 1. The number of aliphatic hydroxyl groups excluding tert-OH is 1. The van der Waals surface area contributed by atoms with Gasteiger partial charge in [0.2, 0.25) is 0 Å². The average molecular weight is 518 g/mol. The summed E-state index contributed by atoms with van der Waals surface area (Å²) >= 11 is 1.00. The lowest BCUT2D eigenvalue weighted by atomic mass is 10.1. The van der Waals surface area contributed by atoms with Gasteiger partial charge in [0.1, 0.15) is 21.6 Å². The summed E-state index contributed by atoms with van der Waals surface area (Å²) in [4.78, 5) is 0. The first-order valence-electron chi connectivity index (χ1n) is 10.7. The van der Waals surface area contributed by atoms with E-state index in [9.17, 15) is 27.1 Å².